The second-order valence-electron chi connectivity index (χ2n) is 6.54. The highest BCUT2D eigenvalue weighted by Gasteiger charge is 2.44. The summed E-state index contributed by atoms with van der Waals surface area (Å²) in [6.07, 6.45) is -11.7. The highest BCUT2D eigenvalue weighted by Crippen LogP contribution is 2.44. The Balaban J connectivity index is 2.20. The molecule has 0 heterocycles. The fraction of sp³-hybridized carbons (Fsp3) is 0.158. The summed E-state index contributed by atoms with van der Waals surface area (Å²) in [6, 6.07) is 0. The van der Waals surface area contributed by atoms with Crippen LogP contribution in [0, 0.1) is 46.5 Å². The van der Waals surface area contributed by atoms with Gasteiger partial charge in [0.15, 0.2) is 46.5 Å². The van der Waals surface area contributed by atoms with Gasteiger partial charge in [-0.2, -0.15) is 26.3 Å². The number of alkyl halides is 6. The molecule has 0 nitrogen and oxygen atoms in total. The monoisotopic (exact) mass is 498 g/mol. The molecule has 0 unspecified atom stereocenters. The van der Waals surface area contributed by atoms with Crippen LogP contribution >= 0.6 is 0 Å². The van der Waals surface area contributed by atoms with Crippen molar-refractivity contribution in [2.75, 3.05) is 0 Å². The molecule has 0 amide bonds. The maximum atomic E-state index is 14.1. The summed E-state index contributed by atoms with van der Waals surface area (Å²) in [7, 11) is 0. The van der Waals surface area contributed by atoms with Crippen LogP contribution in [-0.4, -0.2) is 0 Å². The van der Waals surface area contributed by atoms with Gasteiger partial charge >= 0.3 is 12.4 Å². The molecule has 178 valence electrons. The van der Waals surface area contributed by atoms with Crippen molar-refractivity contribution in [3.8, 4) is 0 Å². The first-order valence-corrected chi connectivity index (χ1v) is 8.27. The molecule has 0 atom stereocenters. The Kier molecular flexibility index (Phi) is 5.78. The SMILES string of the molecule is Fc1c(F)c(C(F)(F)F)c(F)c(F)c1C1=CCC(c2c(F)c(F)c(C(F)(F)F)c(F)c2F)=C1. The summed E-state index contributed by atoms with van der Waals surface area (Å²) < 4.78 is 188. The Morgan fingerprint density at radius 3 is 1.15 bits per heavy atom. The lowest BCUT2D eigenvalue weighted by molar-refractivity contribution is -0.144. The Hall–Kier alpha value is -3.06. The van der Waals surface area contributed by atoms with Crippen molar-refractivity contribution in [1.29, 1.82) is 0 Å². The molecule has 2 aromatic carbocycles. The highest BCUT2D eigenvalue weighted by atomic mass is 19.4. The number of benzene rings is 2. The minimum absolute atomic E-state index is 0.293. The van der Waals surface area contributed by atoms with Gasteiger partial charge in [-0.25, -0.2) is 35.1 Å². The summed E-state index contributed by atoms with van der Waals surface area (Å²) in [5.74, 6) is -21.5. The normalized spacial score (nSPS) is 14.6. The number of halogens is 14. The molecule has 0 radical (unpaired) electrons. The van der Waals surface area contributed by atoms with Crippen molar-refractivity contribution in [2.24, 2.45) is 0 Å². The predicted octanol–water partition coefficient (Wildman–Crippen LogP) is 7.71. The van der Waals surface area contributed by atoms with E-state index in [2.05, 4.69) is 0 Å². The molecule has 0 N–H and O–H groups in total. The molecule has 0 fully saturated rings. The van der Waals surface area contributed by atoms with Crippen LogP contribution in [0.5, 0.6) is 0 Å². The average Bonchev–Trinajstić information content (AvgIpc) is 3.12. The van der Waals surface area contributed by atoms with Crippen molar-refractivity contribution < 1.29 is 61.5 Å². The maximum absolute atomic E-state index is 14.1. The lowest BCUT2D eigenvalue weighted by atomic mass is 9.98. The molecule has 0 spiro atoms. The van der Waals surface area contributed by atoms with Gasteiger partial charge in [-0.05, 0) is 17.6 Å². The molecule has 3 rings (SSSR count). The van der Waals surface area contributed by atoms with Gasteiger partial charge in [-0.15, -0.1) is 0 Å². The molecule has 0 saturated heterocycles. The molecule has 33 heavy (non-hydrogen) atoms. The van der Waals surface area contributed by atoms with Crippen molar-refractivity contribution in [3.63, 3.8) is 0 Å². The van der Waals surface area contributed by atoms with E-state index < -0.39 is 98.7 Å². The Morgan fingerprint density at radius 2 is 0.818 bits per heavy atom. The number of rotatable bonds is 2. The van der Waals surface area contributed by atoms with E-state index in [1.54, 1.807) is 0 Å². The van der Waals surface area contributed by atoms with E-state index in [1.807, 2.05) is 0 Å². The summed E-state index contributed by atoms with van der Waals surface area (Å²) in [5.41, 5.74) is -11.2. The second-order valence-corrected chi connectivity index (χ2v) is 6.54. The zero-order valence-electron chi connectivity index (χ0n) is 15.2. The van der Waals surface area contributed by atoms with Crippen LogP contribution in [0.15, 0.2) is 12.2 Å². The summed E-state index contributed by atoms with van der Waals surface area (Å²) >= 11 is 0. The summed E-state index contributed by atoms with van der Waals surface area (Å²) in [4.78, 5) is 0. The maximum Gasteiger partial charge on any atom is 0.422 e. The van der Waals surface area contributed by atoms with Gasteiger partial charge in [0.05, 0.1) is 11.1 Å². The van der Waals surface area contributed by atoms with Gasteiger partial charge in [0.2, 0.25) is 0 Å². The zero-order chi connectivity index (χ0) is 25.2. The Bertz CT molecular complexity index is 1170. The van der Waals surface area contributed by atoms with Crippen LogP contribution in [0.3, 0.4) is 0 Å². The molecule has 0 saturated carbocycles. The van der Waals surface area contributed by atoms with Crippen molar-refractivity contribution in [1.82, 2.24) is 0 Å². The van der Waals surface area contributed by atoms with Gasteiger partial charge in [0.25, 0.3) is 0 Å². The van der Waals surface area contributed by atoms with Crippen LogP contribution in [0.25, 0.3) is 11.1 Å². The smallest absolute Gasteiger partial charge is 0.203 e. The quantitative estimate of drug-likeness (QED) is 0.294. The van der Waals surface area contributed by atoms with Crippen molar-refractivity contribution >= 4 is 11.1 Å². The molecule has 2 aromatic rings. The minimum Gasteiger partial charge on any atom is -0.203 e. The van der Waals surface area contributed by atoms with E-state index in [0.29, 0.717) is 12.2 Å². The van der Waals surface area contributed by atoms with E-state index >= 15 is 0 Å². The largest absolute Gasteiger partial charge is 0.422 e. The molecule has 0 aliphatic heterocycles. The first-order valence-electron chi connectivity index (χ1n) is 8.27. The van der Waals surface area contributed by atoms with Gasteiger partial charge in [0, 0.05) is 0 Å². The van der Waals surface area contributed by atoms with Crippen LogP contribution in [0.1, 0.15) is 28.7 Å². The van der Waals surface area contributed by atoms with E-state index in [1.165, 1.54) is 0 Å². The lowest BCUT2D eigenvalue weighted by Gasteiger charge is -2.15. The van der Waals surface area contributed by atoms with E-state index in [4.69, 9.17) is 0 Å². The number of hydrogen-bond donors (Lipinski definition) is 0. The van der Waals surface area contributed by atoms with Crippen molar-refractivity contribution in [3.05, 3.63) is 80.9 Å². The van der Waals surface area contributed by atoms with Gasteiger partial charge < -0.3 is 0 Å². The fourth-order valence-corrected chi connectivity index (χ4v) is 3.17. The third kappa shape index (κ3) is 3.84. The molecular weight excluding hydrogens is 494 g/mol. The third-order valence-electron chi connectivity index (χ3n) is 4.58. The van der Waals surface area contributed by atoms with E-state index in [-0.39, 0.29) is 0 Å². The highest BCUT2D eigenvalue weighted by molar-refractivity contribution is 5.90. The van der Waals surface area contributed by atoms with Crippen LogP contribution in [0.4, 0.5) is 61.5 Å². The van der Waals surface area contributed by atoms with Crippen LogP contribution < -0.4 is 0 Å². The van der Waals surface area contributed by atoms with Gasteiger partial charge in [0.1, 0.15) is 11.1 Å². The number of allylic oxidation sites excluding steroid dienone is 4. The minimum atomic E-state index is -5.85. The van der Waals surface area contributed by atoms with Crippen molar-refractivity contribution in [2.45, 2.75) is 18.8 Å². The zero-order valence-corrected chi connectivity index (χ0v) is 15.2. The van der Waals surface area contributed by atoms with Crippen LogP contribution in [0.2, 0.25) is 0 Å². The average molecular weight is 498 g/mol. The standard InChI is InChI=1S/C19H4F14/c20-10-6(11(21)15(25)8(14(10)24)18(28,29)30)4-1-2-5(3-4)7-12(22)16(26)9(19(31,32)33)17(27)13(7)23/h1,3H,2H2. The Labute approximate surface area is 173 Å². The summed E-state index contributed by atoms with van der Waals surface area (Å²) in [5, 5.41) is 0. The fourth-order valence-electron chi connectivity index (χ4n) is 3.17. The van der Waals surface area contributed by atoms with E-state index in [9.17, 15) is 61.5 Å². The Morgan fingerprint density at radius 1 is 0.485 bits per heavy atom. The molecule has 0 aromatic heterocycles. The number of hydrogen-bond acceptors (Lipinski definition) is 0. The first kappa shape index (κ1) is 24.6. The van der Waals surface area contributed by atoms with Crippen LogP contribution in [-0.2, 0) is 12.4 Å². The summed E-state index contributed by atoms with van der Waals surface area (Å²) in [6.45, 7) is 0. The van der Waals surface area contributed by atoms with Gasteiger partial charge in [-0.3, -0.25) is 0 Å². The second kappa shape index (κ2) is 7.76. The van der Waals surface area contributed by atoms with E-state index in [0.717, 1.165) is 0 Å². The molecule has 1 aliphatic carbocycles. The molecule has 1 aliphatic rings. The first-order chi connectivity index (χ1) is 15.0. The predicted molar refractivity (Wildman–Crippen MR) is 83.1 cm³/mol. The molecule has 0 bridgehead atoms. The topological polar surface area (TPSA) is 0 Å². The molecule has 14 heteroatoms. The third-order valence-corrected chi connectivity index (χ3v) is 4.58. The molecular formula is C19H4F14. The van der Waals surface area contributed by atoms with Gasteiger partial charge in [-0.1, -0.05) is 12.2 Å². The lowest BCUT2D eigenvalue weighted by Crippen LogP contribution is -2.17.